The molecule has 0 N–H and O–H groups in total. The average Bonchev–Trinajstić information content (AvgIpc) is 3.03. The Morgan fingerprint density at radius 2 is 1.83 bits per heavy atom. The first-order valence-corrected chi connectivity index (χ1v) is 7.39. The summed E-state index contributed by atoms with van der Waals surface area (Å²) in [6.07, 6.45) is 0. The Hall–Kier alpha value is -2.88. The molecule has 0 amide bonds. The van der Waals surface area contributed by atoms with Gasteiger partial charge in [-0.05, 0) is 25.5 Å². The number of aromatic nitrogens is 1. The van der Waals surface area contributed by atoms with Crippen molar-refractivity contribution in [2.45, 2.75) is 20.5 Å². The second kappa shape index (κ2) is 6.48. The summed E-state index contributed by atoms with van der Waals surface area (Å²) in [6.45, 7) is 3.99. The molecule has 0 fully saturated rings. The third kappa shape index (κ3) is 3.48. The number of aryl methyl sites for hydroxylation is 2. The van der Waals surface area contributed by atoms with E-state index in [1.54, 1.807) is 12.1 Å². The molecule has 0 aliphatic heterocycles. The van der Waals surface area contributed by atoms with Gasteiger partial charge in [0.1, 0.15) is 12.3 Å². The van der Waals surface area contributed by atoms with Crippen molar-refractivity contribution < 1.29 is 14.1 Å². The van der Waals surface area contributed by atoms with Crippen LogP contribution in [0.15, 0.2) is 59.1 Å². The zero-order chi connectivity index (χ0) is 16.2. The van der Waals surface area contributed by atoms with Crippen molar-refractivity contribution in [3.05, 3.63) is 77.0 Å². The molecule has 116 valence electrons. The van der Waals surface area contributed by atoms with E-state index in [0.29, 0.717) is 17.0 Å². The van der Waals surface area contributed by atoms with Crippen LogP contribution in [0.3, 0.4) is 0 Å². The van der Waals surface area contributed by atoms with Crippen LogP contribution < -0.4 is 0 Å². The number of ether oxygens (including phenoxy) is 1. The molecule has 0 unspecified atom stereocenters. The van der Waals surface area contributed by atoms with Crippen LogP contribution >= 0.6 is 0 Å². The lowest BCUT2D eigenvalue weighted by Crippen LogP contribution is -2.07. The molecule has 0 aliphatic rings. The second-order valence-electron chi connectivity index (χ2n) is 5.44. The summed E-state index contributed by atoms with van der Waals surface area (Å²) in [5.74, 6) is 0.301. The van der Waals surface area contributed by atoms with E-state index in [1.165, 1.54) is 5.56 Å². The smallest absolute Gasteiger partial charge is 0.338 e. The maximum absolute atomic E-state index is 12.1. The highest BCUT2D eigenvalue weighted by atomic mass is 16.5. The minimum absolute atomic E-state index is 0.0858. The van der Waals surface area contributed by atoms with E-state index in [2.05, 4.69) is 5.16 Å². The van der Waals surface area contributed by atoms with E-state index in [1.807, 2.05) is 56.3 Å². The molecule has 4 nitrogen and oxygen atoms in total. The summed E-state index contributed by atoms with van der Waals surface area (Å²) in [5, 5.41) is 3.95. The van der Waals surface area contributed by atoms with Crippen LogP contribution in [0.2, 0.25) is 0 Å². The van der Waals surface area contributed by atoms with E-state index >= 15 is 0 Å². The molecular weight excluding hydrogens is 290 g/mol. The number of hydrogen-bond acceptors (Lipinski definition) is 4. The van der Waals surface area contributed by atoms with Gasteiger partial charge in [0, 0.05) is 11.6 Å². The molecule has 0 atom stereocenters. The van der Waals surface area contributed by atoms with Gasteiger partial charge >= 0.3 is 5.97 Å². The number of benzene rings is 2. The summed E-state index contributed by atoms with van der Waals surface area (Å²) in [5.41, 5.74) is 4.16. The first kappa shape index (κ1) is 15.0. The predicted molar refractivity (Wildman–Crippen MR) is 87.0 cm³/mol. The van der Waals surface area contributed by atoms with Gasteiger partial charge in [0.2, 0.25) is 0 Å². The molecule has 2 aromatic carbocycles. The van der Waals surface area contributed by atoms with Gasteiger partial charge in [0.15, 0.2) is 5.76 Å². The van der Waals surface area contributed by atoms with Gasteiger partial charge in [0.05, 0.1) is 5.56 Å². The fourth-order valence-electron chi connectivity index (χ4n) is 2.25. The maximum Gasteiger partial charge on any atom is 0.338 e. The largest absolute Gasteiger partial charge is 0.455 e. The zero-order valence-electron chi connectivity index (χ0n) is 13.1. The number of nitrogens with zero attached hydrogens (tertiary/aromatic N) is 1. The standard InChI is InChI=1S/C19H17NO3/c1-13-7-9-15(10-8-13)18-11-16(20-23-18)12-22-19(21)17-6-4-3-5-14(17)2/h3-11H,12H2,1-2H3. The highest BCUT2D eigenvalue weighted by Gasteiger charge is 2.12. The van der Waals surface area contributed by atoms with Crippen molar-refractivity contribution in [3.8, 4) is 11.3 Å². The van der Waals surface area contributed by atoms with Crippen LogP contribution in [0.5, 0.6) is 0 Å². The van der Waals surface area contributed by atoms with E-state index in [0.717, 1.165) is 11.1 Å². The number of esters is 1. The van der Waals surface area contributed by atoms with Gasteiger partial charge in [-0.3, -0.25) is 0 Å². The molecule has 0 aliphatic carbocycles. The lowest BCUT2D eigenvalue weighted by molar-refractivity contribution is 0.0463. The van der Waals surface area contributed by atoms with E-state index in [4.69, 9.17) is 9.26 Å². The van der Waals surface area contributed by atoms with E-state index in [9.17, 15) is 4.79 Å². The molecule has 3 rings (SSSR count). The minimum atomic E-state index is -0.358. The normalized spacial score (nSPS) is 10.5. The SMILES string of the molecule is Cc1ccc(-c2cc(COC(=O)c3ccccc3C)no2)cc1. The van der Waals surface area contributed by atoms with Crippen LogP contribution in [0.1, 0.15) is 27.2 Å². The third-order valence-electron chi connectivity index (χ3n) is 3.61. The van der Waals surface area contributed by atoms with Gasteiger partial charge in [-0.15, -0.1) is 0 Å². The molecule has 0 bridgehead atoms. The summed E-state index contributed by atoms with van der Waals surface area (Å²) >= 11 is 0. The highest BCUT2D eigenvalue weighted by Crippen LogP contribution is 2.21. The average molecular weight is 307 g/mol. The van der Waals surface area contributed by atoms with Crippen LogP contribution in [0, 0.1) is 13.8 Å². The monoisotopic (exact) mass is 307 g/mol. The lowest BCUT2D eigenvalue weighted by atomic mass is 10.1. The molecule has 3 aromatic rings. The van der Waals surface area contributed by atoms with Crippen molar-refractivity contribution in [1.29, 1.82) is 0 Å². The van der Waals surface area contributed by atoms with Crippen molar-refractivity contribution in [3.63, 3.8) is 0 Å². The van der Waals surface area contributed by atoms with Crippen LogP contribution in [-0.4, -0.2) is 11.1 Å². The number of carbonyl (C=O) groups is 1. The van der Waals surface area contributed by atoms with Gasteiger partial charge in [-0.2, -0.15) is 0 Å². The number of hydrogen-bond donors (Lipinski definition) is 0. The summed E-state index contributed by atoms with van der Waals surface area (Å²) in [6, 6.07) is 17.1. The van der Waals surface area contributed by atoms with Crippen molar-refractivity contribution >= 4 is 5.97 Å². The van der Waals surface area contributed by atoms with Gasteiger partial charge < -0.3 is 9.26 Å². The molecular formula is C19H17NO3. The predicted octanol–water partition coefficient (Wildman–Crippen LogP) is 4.32. The quantitative estimate of drug-likeness (QED) is 0.674. The molecule has 0 spiro atoms. The zero-order valence-corrected chi connectivity index (χ0v) is 13.1. The van der Waals surface area contributed by atoms with Gasteiger partial charge in [-0.1, -0.05) is 53.2 Å². The summed E-state index contributed by atoms with van der Waals surface area (Å²) in [4.78, 5) is 12.1. The molecule has 23 heavy (non-hydrogen) atoms. The maximum atomic E-state index is 12.1. The lowest BCUT2D eigenvalue weighted by Gasteiger charge is -2.04. The number of rotatable bonds is 4. The van der Waals surface area contributed by atoms with E-state index < -0.39 is 0 Å². The Kier molecular flexibility index (Phi) is 4.24. The topological polar surface area (TPSA) is 52.3 Å². The molecule has 1 aromatic heterocycles. The van der Waals surface area contributed by atoms with Crippen molar-refractivity contribution in [2.24, 2.45) is 0 Å². The molecule has 0 radical (unpaired) electrons. The Bertz CT molecular complexity index is 819. The summed E-state index contributed by atoms with van der Waals surface area (Å²) < 4.78 is 10.6. The highest BCUT2D eigenvalue weighted by molar-refractivity contribution is 5.90. The van der Waals surface area contributed by atoms with Gasteiger partial charge in [0.25, 0.3) is 0 Å². The fourth-order valence-corrected chi connectivity index (χ4v) is 2.25. The minimum Gasteiger partial charge on any atom is -0.455 e. The molecule has 1 heterocycles. The Balaban J connectivity index is 1.67. The Labute approximate surface area is 134 Å². The van der Waals surface area contributed by atoms with Gasteiger partial charge in [-0.25, -0.2) is 4.79 Å². The summed E-state index contributed by atoms with van der Waals surface area (Å²) in [7, 11) is 0. The van der Waals surface area contributed by atoms with Crippen LogP contribution in [0.4, 0.5) is 0 Å². The van der Waals surface area contributed by atoms with Crippen LogP contribution in [-0.2, 0) is 11.3 Å². The van der Waals surface area contributed by atoms with Crippen molar-refractivity contribution in [1.82, 2.24) is 5.16 Å². The van der Waals surface area contributed by atoms with E-state index in [-0.39, 0.29) is 12.6 Å². The molecule has 0 saturated heterocycles. The first-order chi connectivity index (χ1) is 11.1. The first-order valence-electron chi connectivity index (χ1n) is 7.39. The molecule has 0 saturated carbocycles. The van der Waals surface area contributed by atoms with Crippen LogP contribution in [0.25, 0.3) is 11.3 Å². The fraction of sp³-hybridized carbons (Fsp3) is 0.158. The second-order valence-corrected chi connectivity index (χ2v) is 5.44. The Morgan fingerprint density at radius 3 is 2.57 bits per heavy atom. The number of carbonyl (C=O) groups excluding carboxylic acids is 1. The Morgan fingerprint density at radius 1 is 1.09 bits per heavy atom. The third-order valence-corrected chi connectivity index (χ3v) is 3.61. The molecule has 4 heteroatoms. The van der Waals surface area contributed by atoms with Crippen molar-refractivity contribution in [2.75, 3.05) is 0 Å².